The van der Waals surface area contributed by atoms with Gasteiger partial charge in [-0.15, -0.1) is 0 Å². The van der Waals surface area contributed by atoms with Crippen LogP contribution in [0.1, 0.15) is 59.3 Å². The van der Waals surface area contributed by atoms with Crippen molar-refractivity contribution in [3.8, 4) is 6.07 Å². The highest BCUT2D eigenvalue weighted by Gasteiger charge is 2.60. The first-order valence-electron chi connectivity index (χ1n) is 6.79. The van der Waals surface area contributed by atoms with Crippen molar-refractivity contribution in [3.05, 3.63) is 0 Å². The Kier molecular flexibility index (Phi) is 1.88. The summed E-state index contributed by atoms with van der Waals surface area (Å²) >= 11 is 0. The van der Waals surface area contributed by atoms with Crippen molar-refractivity contribution in [2.75, 3.05) is 0 Å². The second kappa shape index (κ2) is 2.84. The van der Waals surface area contributed by atoms with Crippen LogP contribution in [0.4, 0.5) is 0 Å². The Hall–Kier alpha value is -0.510. The lowest BCUT2D eigenvalue weighted by molar-refractivity contribution is -0.140. The van der Waals surface area contributed by atoms with Gasteiger partial charge in [0.05, 0.1) is 11.5 Å². The fraction of sp³-hybridized carbons (Fsp3) is 0.933. The van der Waals surface area contributed by atoms with Gasteiger partial charge in [0.15, 0.2) is 0 Å². The molecule has 0 aliphatic heterocycles. The van der Waals surface area contributed by atoms with Gasteiger partial charge in [-0.05, 0) is 75.0 Å². The molecule has 0 amide bonds. The Balaban J connectivity index is 2.02. The van der Waals surface area contributed by atoms with E-state index in [9.17, 15) is 5.26 Å². The fourth-order valence-corrected chi connectivity index (χ4v) is 5.57. The van der Waals surface area contributed by atoms with Crippen LogP contribution in [0.2, 0.25) is 0 Å². The van der Waals surface area contributed by atoms with Crippen molar-refractivity contribution in [1.29, 1.82) is 5.26 Å². The molecule has 1 heteroatoms. The molecule has 0 aromatic heterocycles. The van der Waals surface area contributed by atoms with E-state index in [1.54, 1.807) is 0 Å². The molecule has 4 saturated carbocycles. The summed E-state index contributed by atoms with van der Waals surface area (Å²) in [6.45, 7) is 6.85. The monoisotopic (exact) mass is 217 g/mol. The molecule has 4 aliphatic rings. The van der Waals surface area contributed by atoms with Crippen molar-refractivity contribution in [2.24, 2.45) is 28.1 Å². The van der Waals surface area contributed by atoms with Gasteiger partial charge in [-0.3, -0.25) is 0 Å². The van der Waals surface area contributed by atoms with E-state index in [0.29, 0.717) is 10.8 Å². The molecule has 88 valence electrons. The van der Waals surface area contributed by atoms with Crippen molar-refractivity contribution >= 4 is 0 Å². The first-order valence-corrected chi connectivity index (χ1v) is 6.79. The van der Waals surface area contributed by atoms with Crippen LogP contribution in [0.5, 0.6) is 0 Å². The molecular weight excluding hydrogens is 194 g/mol. The molecule has 4 aliphatic carbocycles. The number of nitrogens with zero attached hydrogens (tertiary/aromatic N) is 1. The van der Waals surface area contributed by atoms with Gasteiger partial charge in [0.1, 0.15) is 0 Å². The normalized spacial score (nSPS) is 50.4. The molecule has 0 heterocycles. The van der Waals surface area contributed by atoms with Crippen LogP contribution in [0, 0.1) is 39.4 Å². The number of hydrogen-bond donors (Lipinski definition) is 0. The summed E-state index contributed by atoms with van der Waals surface area (Å²) in [7, 11) is 0. The van der Waals surface area contributed by atoms with E-state index in [-0.39, 0.29) is 5.41 Å². The summed E-state index contributed by atoms with van der Waals surface area (Å²) in [5.74, 6) is 1.86. The maximum atomic E-state index is 9.49. The summed E-state index contributed by atoms with van der Waals surface area (Å²) in [4.78, 5) is 0. The van der Waals surface area contributed by atoms with E-state index in [2.05, 4.69) is 26.8 Å². The highest BCUT2D eigenvalue weighted by molar-refractivity contribution is 5.15. The standard InChI is InChI=1S/C15H23N/c1-13(2,10-16)15-7-11-4-12(8-15)6-14(3,5-11)9-15/h11-12H,4-9H2,1-3H3. The van der Waals surface area contributed by atoms with Gasteiger partial charge in [0.2, 0.25) is 0 Å². The molecule has 4 bridgehead atoms. The lowest BCUT2D eigenvalue weighted by atomic mass is 9.40. The second-order valence-corrected chi connectivity index (χ2v) is 7.79. The highest BCUT2D eigenvalue weighted by atomic mass is 14.6. The van der Waals surface area contributed by atoms with Gasteiger partial charge >= 0.3 is 0 Å². The van der Waals surface area contributed by atoms with E-state index in [1.165, 1.54) is 38.5 Å². The predicted molar refractivity (Wildman–Crippen MR) is 64.6 cm³/mol. The maximum absolute atomic E-state index is 9.49. The third kappa shape index (κ3) is 1.22. The predicted octanol–water partition coefficient (Wildman–Crippen LogP) is 4.14. The lowest BCUT2D eigenvalue weighted by Gasteiger charge is -2.64. The lowest BCUT2D eigenvalue weighted by Crippen LogP contribution is -2.55. The van der Waals surface area contributed by atoms with Gasteiger partial charge in [-0.1, -0.05) is 6.92 Å². The zero-order valence-corrected chi connectivity index (χ0v) is 10.8. The first kappa shape index (κ1) is 10.6. The Labute approximate surface area is 99.2 Å². The van der Waals surface area contributed by atoms with Crippen LogP contribution in [0.15, 0.2) is 0 Å². The molecule has 4 fully saturated rings. The van der Waals surface area contributed by atoms with Crippen molar-refractivity contribution in [2.45, 2.75) is 59.3 Å². The van der Waals surface area contributed by atoms with Crippen LogP contribution in [-0.2, 0) is 0 Å². The molecule has 0 aromatic rings. The van der Waals surface area contributed by atoms with E-state index in [4.69, 9.17) is 0 Å². The zero-order chi connectivity index (χ0) is 11.6. The summed E-state index contributed by atoms with van der Waals surface area (Å²) in [6, 6.07) is 2.62. The summed E-state index contributed by atoms with van der Waals surface area (Å²) in [5, 5.41) is 9.49. The summed E-state index contributed by atoms with van der Waals surface area (Å²) in [6.07, 6.45) is 8.31. The van der Waals surface area contributed by atoms with Crippen LogP contribution in [0.25, 0.3) is 0 Å². The third-order valence-corrected chi connectivity index (χ3v) is 5.96. The van der Waals surface area contributed by atoms with Crippen LogP contribution in [0.3, 0.4) is 0 Å². The first-order chi connectivity index (χ1) is 7.38. The molecular formula is C15H23N. The quantitative estimate of drug-likeness (QED) is 0.647. The highest BCUT2D eigenvalue weighted by Crippen LogP contribution is 2.69. The third-order valence-electron chi connectivity index (χ3n) is 5.96. The minimum absolute atomic E-state index is 0.119. The minimum Gasteiger partial charge on any atom is -0.198 e. The minimum atomic E-state index is -0.119. The van der Waals surface area contributed by atoms with E-state index >= 15 is 0 Å². The Morgan fingerprint density at radius 1 is 1.12 bits per heavy atom. The number of nitriles is 1. The van der Waals surface area contributed by atoms with Crippen LogP contribution < -0.4 is 0 Å². The molecule has 2 atom stereocenters. The number of rotatable bonds is 1. The molecule has 0 aromatic carbocycles. The van der Waals surface area contributed by atoms with Crippen LogP contribution >= 0.6 is 0 Å². The fourth-order valence-electron chi connectivity index (χ4n) is 5.57. The summed E-state index contributed by atoms with van der Waals surface area (Å²) in [5.41, 5.74) is 0.796. The van der Waals surface area contributed by atoms with E-state index < -0.39 is 0 Å². The van der Waals surface area contributed by atoms with Crippen molar-refractivity contribution in [3.63, 3.8) is 0 Å². The largest absolute Gasteiger partial charge is 0.198 e. The molecule has 16 heavy (non-hydrogen) atoms. The topological polar surface area (TPSA) is 23.8 Å². The van der Waals surface area contributed by atoms with Gasteiger partial charge in [-0.2, -0.15) is 5.26 Å². The van der Waals surface area contributed by atoms with Crippen LogP contribution in [-0.4, -0.2) is 0 Å². The second-order valence-electron chi connectivity index (χ2n) is 7.79. The molecule has 0 radical (unpaired) electrons. The maximum Gasteiger partial charge on any atom is 0.0689 e. The van der Waals surface area contributed by atoms with Crippen molar-refractivity contribution in [1.82, 2.24) is 0 Å². The molecule has 0 saturated heterocycles. The van der Waals surface area contributed by atoms with E-state index in [1.807, 2.05) is 0 Å². The average Bonchev–Trinajstić information content (AvgIpc) is 2.13. The zero-order valence-electron chi connectivity index (χ0n) is 10.8. The van der Waals surface area contributed by atoms with E-state index in [0.717, 1.165) is 11.8 Å². The van der Waals surface area contributed by atoms with Gasteiger partial charge < -0.3 is 0 Å². The van der Waals surface area contributed by atoms with Crippen molar-refractivity contribution < 1.29 is 0 Å². The van der Waals surface area contributed by atoms with Gasteiger partial charge in [-0.25, -0.2) is 0 Å². The molecule has 0 spiro atoms. The van der Waals surface area contributed by atoms with Gasteiger partial charge in [0.25, 0.3) is 0 Å². The summed E-state index contributed by atoms with van der Waals surface area (Å²) < 4.78 is 0. The molecule has 2 unspecified atom stereocenters. The Morgan fingerprint density at radius 3 is 2.12 bits per heavy atom. The Bertz CT molecular complexity index is 346. The SMILES string of the molecule is CC12CC3CC(C1)CC(C(C)(C)C#N)(C3)C2. The Morgan fingerprint density at radius 2 is 1.69 bits per heavy atom. The molecule has 0 N–H and O–H groups in total. The average molecular weight is 217 g/mol. The molecule has 4 rings (SSSR count). The smallest absolute Gasteiger partial charge is 0.0689 e. The molecule has 1 nitrogen and oxygen atoms in total. The van der Waals surface area contributed by atoms with Gasteiger partial charge in [0, 0.05) is 0 Å². The number of hydrogen-bond acceptors (Lipinski definition) is 1.